The van der Waals surface area contributed by atoms with Crippen LogP contribution in [0.1, 0.15) is 11.4 Å². The molecule has 8 heteroatoms. The van der Waals surface area contributed by atoms with Gasteiger partial charge in [0.1, 0.15) is 17.1 Å². The second kappa shape index (κ2) is 8.58. The van der Waals surface area contributed by atoms with Crippen molar-refractivity contribution in [2.75, 3.05) is 12.4 Å². The predicted octanol–water partition coefficient (Wildman–Crippen LogP) is 2.90. The van der Waals surface area contributed by atoms with E-state index in [-0.39, 0.29) is 11.5 Å². The first-order valence-electron chi connectivity index (χ1n) is 9.48. The molecule has 4 rings (SSSR count). The molecule has 154 valence electrons. The Morgan fingerprint density at radius 1 is 1.10 bits per heavy atom. The minimum absolute atomic E-state index is 0.269. The van der Waals surface area contributed by atoms with Gasteiger partial charge in [0.25, 0.3) is 5.56 Å². The zero-order valence-electron chi connectivity index (χ0n) is 16.8. The van der Waals surface area contributed by atoms with Gasteiger partial charge in [0.05, 0.1) is 25.2 Å². The summed E-state index contributed by atoms with van der Waals surface area (Å²) >= 11 is 0. The zero-order valence-corrected chi connectivity index (χ0v) is 16.8. The Morgan fingerprint density at radius 2 is 1.84 bits per heavy atom. The van der Waals surface area contributed by atoms with Crippen LogP contribution in [0.25, 0.3) is 16.9 Å². The van der Waals surface area contributed by atoms with Crippen LogP contribution < -0.4 is 15.6 Å². The van der Waals surface area contributed by atoms with Crippen molar-refractivity contribution in [3.8, 4) is 11.4 Å². The van der Waals surface area contributed by atoms with Crippen molar-refractivity contribution in [3.63, 3.8) is 0 Å². The summed E-state index contributed by atoms with van der Waals surface area (Å²) in [5.41, 5.74) is 2.94. The van der Waals surface area contributed by atoms with Gasteiger partial charge in [0, 0.05) is 12.1 Å². The molecule has 0 radical (unpaired) electrons. The molecule has 8 nitrogen and oxygen atoms in total. The first-order chi connectivity index (χ1) is 15.1. The van der Waals surface area contributed by atoms with E-state index in [0.717, 1.165) is 5.56 Å². The van der Waals surface area contributed by atoms with Gasteiger partial charge in [0.2, 0.25) is 5.91 Å². The third kappa shape index (κ3) is 4.32. The molecule has 2 aromatic heterocycles. The van der Waals surface area contributed by atoms with E-state index < -0.39 is 0 Å². The van der Waals surface area contributed by atoms with Crippen LogP contribution in [0.5, 0.6) is 5.75 Å². The standard InChI is InChI=1S/C23H19N5O3/c1-3-21(29)26-16-6-4-15(5-7-16)12-20-25-13-19-23(27-20)28(22(30)14-24-19)17-8-10-18(31-2)11-9-17/h3-11,13-14H,1,12H2,2H3,(H,26,29). The first kappa shape index (κ1) is 20.0. The third-order valence-corrected chi connectivity index (χ3v) is 4.65. The summed E-state index contributed by atoms with van der Waals surface area (Å²) in [6, 6.07) is 14.5. The van der Waals surface area contributed by atoms with Crippen molar-refractivity contribution >= 4 is 22.8 Å². The highest BCUT2D eigenvalue weighted by molar-refractivity contribution is 5.98. The molecule has 0 fully saturated rings. The number of aromatic nitrogens is 4. The highest BCUT2D eigenvalue weighted by Crippen LogP contribution is 2.18. The number of methoxy groups -OCH3 is 1. The Morgan fingerprint density at radius 3 is 2.52 bits per heavy atom. The molecule has 0 aliphatic rings. The van der Waals surface area contributed by atoms with Gasteiger partial charge in [-0.05, 0) is 48.0 Å². The molecule has 0 atom stereocenters. The number of fused-ring (bicyclic) bond motifs is 1. The van der Waals surface area contributed by atoms with Gasteiger partial charge in [0.15, 0.2) is 5.65 Å². The molecule has 0 saturated heterocycles. The van der Waals surface area contributed by atoms with Crippen LogP contribution in [0.4, 0.5) is 5.69 Å². The summed E-state index contributed by atoms with van der Waals surface area (Å²) in [6.45, 7) is 3.43. The van der Waals surface area contributed by atoms with Crippen LogP contribution in [0.2, 0.25) is 0 Å². The molecule has 0 unspecified atom stereocenters. The van der Waals surface area contributed by atoms with E-state index >= 15 is 0 Å². The Kier molecular flexibility index (Phi) is 5.53. The SMILES string of the molecule is C=CC(=O)Nc1ccc(Cc2ncc3ncc(=O)n(-c4ccc(OC)cc4)c3n2)cc1. The average molecular weight is 413 g/mol. The molecule has 4 aromatic rings. The normalized spacial score (nSPS) is 10.6. The van der Waals surface area contributed by atoms with Crippen molar-refractivity contribution in [1.82, 2.24) is 19.5 Å². The summed E-state index contributed by atoms with van der Waals surface area (Å²) in [5, 5.41) is 2.70. The first-order valence-corrected chi connectivity index (χ1v) is 9.48. The lowest BCUT2D eigenvalue weighted by atomic mass is 10.1. The van der Waals surface area contributed by atoms with E-state index in [9.17, 15) is 9.59 Å². The van der Waals surface area contributed by atoms with Crippen molar-refractivity contribution in [2.24, 2.45) is 0 Å². The Hall–Kier alpha value is -4.33. The van der Waals surface area contributed by atoms with E-state index in [1.54, 1.807) is 49.7 Å². The van der Waals surface area contributed by atoms with Crippen LogP contribution in [0.15, 0.2) is 78.4 Å². The van der Waals surface area contributed by atoms with Crippen molar-refractivity contribution in [2.45, 2.75) is 6.42 Å². The maximum Gasteiger partial charge on any atom is 0.275 e. The van der Waals surface area contributed by atoms with Crippen LogP contribution in [-0.2, 0) is 11.2 Å². The van der Waals surface area contributed by atoms with Crippen LogP contribution >= 0.6 is 0 Å². The number of hydrogen-bond acceptors (Lipinski definition) is 6. The maximum absolute atomic E-state index is 12.6. The van der Waals surface area contributed by atoms with Crippen LogP contribution in [-0.4, -0.2) is 32.5 Å². The summed E-state index contributed by atoms with van der Waals surface area (Å²) in [6.07, 6.45) is 4.53. The minimum atomic E-state index is -0.287. The number of carbonyl (C=O) groups excluding carboxylic acids is 1. The van der Waals surface area contributed by atoms with E-state index in [4.69, 9.17) is 4.74 Å². The minimum Gasteiger partial charge on any atom is -0.497 e. The number of carbonyl (C=O) groups is 1. The average Bonchev–Trinajstić information content (AvgIpc) is 2.80. The second-order valence-corrected chi connectivity index (χ2v) is 6.69. The number of hydrogen-bond donors (Lipinski definition) is 1. The molecule has 0 saturated carbocycles. The Labute approximate surface area is 177 Å². The van der Waals surface area contributed by atoms with Crippen molar-refractivity contribution < 1.29 is 9.53 Å². The zero-order chi connectivity index (χ0) is 21.8. The number of ether oxygens (including phenoxy) is 1. The summed E-state index contributed by atoms with van der Waals surface area (Å²) in [7, 11) is 1.59. The largest absolute Gasteiger partial charge is 0.497 e. The molecular formula is C23H19N5O3. The van der Waals surface area contributed by atoms with Gasteiger partial charge in [-0.15, -0.1) is 0 Å². The highest BCUT2D eigenvalue weighted by Gasteiger charge is 2.11. The van der Waals surface area contributed by atoms with E-state index in [1.807, 2.05) is 12.1 Å². The molecule has 1 N–H and O–H groups in total. The monoisotopic (exact) mass is 413 g/mol. The predicted molar refractivity (Wildman–Crippen MR) is 118 cm³/mol. The Bertz CT molecular complexity index is 1310. The molecule has 0 aliphatic carbocycles. The molecule has 1 amide bonds. The van der Waals surface area contributed by atoms with E-state index in [0.29, 0.717) is 40.5 Å². The molecule has 31 heavy (non-hydrogen) atoms. The quantitative estimate of drug-likeness (QED) is 0.488. The molecule has 2 heterocycles. The summed E-state index contributed by atoms with van der Waals surface area (Å²) < 4.78 is 6.69. The highest BCUT2D eigenvalue weighted by atomic mass is 16.5. The maximum atomic E-state index is 12.6. The van der Waals surface area contributed by atoms with Gasteiger partial charge < -0.3 is 10.1 Å². The molecule has 0 spiro atoms. The smallest absolute Gasteiger partial charge is 0.275 e. The number of amides is 1. The fourth-order valence-corrected chi connectivity index (χ4v) is 3.09. The van der Waals surface area contributed by atoms with E-state index in [1.165, 1.54) is 16.8 Å². The number of benzene rings is 2. The Balaban J connectivity index is 1.68. The number of rotatable bonds is 6. The van der Waals surface area contributed by atoms with Gasteiger partial charge in [-0.1, -0.05) is 18.7 Å². The van der Waals surface area contributed by atoms with Gasteiger partial charge in [-0.3, -0.25) is 14.2 Å². The summed E-state index contributed by atoms with van der Waals surface area (Å²) in [5.74, 6) is 0.970. The van der Waals surface area contributed by atoms with Gasteiger partial charge >= 0.3 is 0 Å². The second-order valence-electron chi connectivity index (χ2n) is 6.69. The van der Waals surface area contributed by atoms with Crippen molar-refractivity contribution in [1.29, 1.82) is 0 Å². The fourth-order valence-electron chi connectivity index (χ4n) is 3.09. The number of nitrogens with zero attached hydrogens (tertiary/aromatic N) is 4. The van der Waals surface area contributed by atoms with Crippen molar-refractivity contribution in [3.05, 3.63) is 95.3 Å². The lowest BCUT2D eigenvalue weighted by Gasteiger charge is -2.10. The lowest BCUT2D eigenvalue weighted by molar-refractivity contribution is -0.111. The summed E-state index contributed by atoms with van der Waals surface area (Å²) in [4.78, 5) is 37.1. The topological polar surface area (TPSA) is 99.0 Å². The van der Waals surface area contributed by atoms with Crippen LogP contribution in [0.3, 0.4) is 0 Å². The number of anilines is 1. The lowest BCUT2D eigenvalue weighted by Crippen LogP contribution is -2.20. The van der Waals surface area contributed by atoms with Gasteiger partial charge in [-0.2, -0.15) is 0 Å². The molecule has 0 bridgehead atoms. The van der Waals surface area contributed by atoms with Gasteiger partial charge in [-0.25, -0.2) is 15.0 Å². The third-order valence-electron chi connectivity index (χ3n) is 4.65. The fraction of sp³-hybridized carbons (Fsp3) is 0.0870. The molecule has 0 aliphatic heterocycles. The van der Waals surface area contributed by atoms with Crippen LogP contribution in [0, 0.1) is 0 Å². The van der Waals surface area contributed by atoms with E-state index in [2.05, 4.69) is 26.8 Å². The molecular weight excluding hydrogens is 394 g/mol. The molecule has 2 aromatic carbocycles. The number of nitrogens with one attached hydrogen (secondary N) is 1.